The molecule has 3 nitrogen and oxygen atoms in total. The topological polar surface area (TPSA) is 55.1 Å². The zero-order valence-corrected chi connectivity index (χ0v) is 12.6. The molecule has 0 spiro atoms. The van der Waals surface area contributed by atoms with Crippen molar-refractivity contribution in [3.05, 3.63) is 34.9 Å². The van der Waals surface area contributed by atoms with Gasteiger partial charge in [0.2, 0.25) is 0 Å². The summed E-state index contributed by atoms with van der Waals surface area (Å²) < 4.78 is 0. The summed E-state index contributed by atoms with van der Waals surface area (Å²) in [6, 6.07) is 5.89. The molecule has 0 fully saturated rings. The van der Waals surface area contributed by atoms with Crippen LogP contribution in [0.2, 0.25) is 0 Å². The molecule has 108 valence electrons. The highest BCUT2D eigenvalue weighted by Gasteiger charge is 2.13. The first-order chi connectivity index (χ1) is 9.58. The van der Waals surface area contributed by atoms with Crippen LogP contribution in [0.25, 0.3) is 0 Å². The van der Waals surface area contributed by atoms with Crippen LogP contribution in [0.15, 0.2) is 18.2 Å². The van der Waals surface area contributed by atoms with Gasteiger partial charge in [-0.15, -0.1) is 0 Å². The quantitative estimate of drug-likeness (QED) is 0.810. The zero-order chi connectivity index (χ0) is 15.0. The maximum atomic E-state index is 12.3. The molecule has 0 aliphatic carbocycles. The molecule has 0 saturated heterocycles. The fourth-order valence-electron chi connectivity index (χ4n) is 1.99. The van der Waals surface area contributed by atoms with Crippen molar-refractivity contribution >= 4 is 5.91 Å². The second-order valence-corrected chi connectivity index (χ2v) is 5.07. The standard InChI is InChI=1S/C17H24N2O/c1-4-5-7-14(3)19-17(20)16-12-13(2)9-10-15(16)8-6-11-18/h9-10,12,14H,4-5,7,11,18H2,1-3H3,(H,19,20). The van der Waals surface area contributed by atoms with Crippen molar-refractivity contribution in [1.29, 1.82) is 0 Å². The Kier molecular flexibility index (Phi) is 6.83. The van der Waals surface area contributed by atoms with Crippen LogP contribution in [0.3, 0.4) is 0 Å². The summed E-state index contributed by atoms with van der Waals surface area (Å²) in [5, 5.41) is 3.04. The largest absolute Gasteiger partial charge is 0.350 e. The average Bonchev–Trinajstić information content (AvgIpc) is 2.43. The number of nitrogens with one attached hydrogen (secondary N) is 1. The van der Waals surface area contributed by atoms with Crippen molar-refractivity contribution in [3.8, 4) is 11.8 Å². The van der Waals surface area contributed by atoms with Crippen LogP contribution < -0.4 is 11.1 Å². The number of benzene rings is 1. The minimum atomic E-state index is -0.0568. The summed E-state index contributed by atoms with van der Waals surface area (Å²) >= 11 is 0. The Morgan fingerprint density at radius 1 is 1.45 bits per heavy atom. The Morgan fingerprint density at radius 3 is 2.85 bits per heavy atom. The van der Waals surface area contributed by atoms with Crippen molar-refractivity contribution in [1.82, 2.24) is 5.32 Å². The fourth-order valence-corrected chi connectivity index (χ4v) is 1.99. The maximum absolute atomic E-state index is 12.3. The van der Waals surface area contributed by atoms with E-state index in [4.69, 9.17) is 5.73 Å². The van der Waals surface area contributed by atoms with E-state index in [1.54, 1.807) is 0 Å². The Labute approximate surface area is 121 Å². The molecule has 1 aromatic rings. The SMILES string of the molecule is CCCCC(C)NC(=O)c1cc(C)ccc1C#CCN. The third kappa shape index (κ3) is 5.07. The Bertz CT molecular complexity index is 511. The third-order valence-corrected chi connectivity index (χ3v) is 3.11. The van der Waals surface area contributed by atoms with Crippen molar-refractivity contribution in [2.75, 3.05) is 6.54 Å². The van der Waals surface area contributed by atoms with Crippen LogP contribution >= 0.6 is 0 Å². The first kappa shape index (κ1) is 16.3. The summed E-state index contributed by atoms with van der Waals surface area (Å²) in [6.45, 7) is 6.45. The van der Waals surface area contributed by atoms with Crippen molar-refractivity contribution in [2.24, 2.45) is 5.73 Å². The molecule has 0 aliphatic heterocycles. The lowest BCUT2D eigenvalue weighted by Crippen LogP contribution is -2.33. The van der Waals surface area contributed by atoms with Gasteiger partial charge >= 0.3 is 0 Å². The van der Waals surface area contributed by atoms with E-state index >= 15 is 0 Å². The van der Waals surface area contributed by atoms with Crippen LogP contribution in [0.5, 0.6) is 0 Å². The Hall–Kier alpha value is -1.79. The molecule has 0 aromatic heterocycles. The number of nitrogens with two attached hydrogens (primary N) is 1. The predicted octanol–water partition coefficient (Wildman–Crippen LogP) is 2.61. The van der Waals surface area contributed by atoms with Gasteiger partial charge in [-0.25, -0.2) is 0 Å². The van der Waals surface area contributed by atoms with Gasteiger partial charge in [0.05, 0.1) is 12.1 Å². The highest BCUT2D eigenvalue weighted by molar-refractivity contribution is 5.97. The van der Waals surface area contributed by atoms with E-state index in [9.17, 15) is 4.79 Å². The molecule has 3 N–H and O–H groups in total. The van der Waals surface area contributed by atoms with Crippen LogP contribution in [-0.4, -0.2) is 18.5 Å². The molecule has 0 bridgehead atoms. The van der Waals surface area contributed by atoms with Gasteiger partial charge < -0.3 is 11.1 Å². The normalized spacial score (nSPS) is 11.4. The van der Waals surface area contributed by atoms with Crippen molar-refractivity contribution < 1.29 is 4.79 Å². The van der Waals surface area contributed by atoms with Crippen LogP contribution in [0, 0.1) is 18.8 Å². The van der Waals surface area contributed by atoms with E-state index in [2.05, 4.69) is 24.1 Å². The summed E-state index contributed by atoms with van der Waals surface area (Å²) in [6.07, 6.45) is 3.25. The third-order valence-electron chi connectivity index (χ3n) is 3.11. The molecular formula is C17H24N2O. The number of amides is 1. The molecule has 1 rings (SSSR count). The number of hydrogen-bond donors (Lipinski definition) is 2. The van der Waals surface area contributed by atoms with E-state index in [1.165, 1.54) is 0 Å². The number of hydrogen-bond acceptors (Lipinski definition) is 2. The lowest BCUT2D eigenvalue weighted by atomic mass is 10.0. The van der Waals surface area contributed by atoms with Gasteiger partial charge in [0.15, 0.2) is 0 Å². The van der Waals surface area contributed by atoms with E-state index in [0.29, 0.717) is 12.1 Å². The highest BCUT2D eigenvalue weighted by Crippen LogP contribution is 2.12. The molecule has 0 heterocycles. The monoisotopic (exact) mass is 272 g/mol. The van der Waals surface area contributed by atoms with Gasteiger partial charge in [0.1, 0.15) is 0 Å². The van der Waals surface area contributed by atoms with Gasteiger partial charge in [0.25, 0.3) is 5.91 Å². The summed E-state index contributed by atoms with van der Waals surface area (Å²) in [7, 11) is 0. The first-order valence-corrected chi connectivity index (χ1v) is 7.19. The molecule has 0 radical (unpaired) electrons. The van der Waals surface area contributed by atoms with Crippen molar-refractivity contribution in [3.63, 3.8) is 0 Å². The molecule has 0 aliphatic rings. The summed E-state index contributed by atoms with van der Waals surface area (Å²) in [5.74, 6) is 5.71. The smallest absolute Gasteiger partial charge is 0.252 e. The predicted molar refractivity (Wildman–Crippen MR) is 83.6 cm³/mol. The summed E-state index contributed by atoms with van der Waals surface area (Å²) in [4.78, 5) is 12.3. The zero-order valence-electron chi connectivity index (χ0n) is 12.6. The lowest BCUT2D eigenvalue weighted by molar-refractivity contribution is 0.0937. The second-order valence-electron chi connectivity index (χ2n) is 5.07. The Balaban J connectivity index is 2.88. The number of aryl methyl sites for hydroxylation is 1. The maximum Gasteiger partial charge on any atom is 0.252 e. The minimum Gasteiger partial charge on any atom is -0.350 e. The average molecular weight is 272 g/mol. The molecule has 20 heavy (non-hydrogen) atoms. The summed E-state index contributed by atoms with van der Waals surface area (Å²) in [5.41, 5.74) is 7.82. The fraction of sp³-hybridized carbons (Fsp3) is 0.471. The molecule has 0 saturated carbocycles. The molecule has 1 unspecified atom stereocenters. The number of carbonyl (C=O) groups is 1. The number of rotatable bonds is 5. The van der Waals surface area contributed by atoms with Gasteiger partial charge in [0, 0.05) is 11.6 Å². The lowest BCUT2D eigenvalue weighted by Gasteiger charge is -2.14. The van der Waals surface area contributed by atoms with Gasteiger partial charge in [-0.3, -0.25) is 4.79 Å². The van der Waals surface area contributed by atoms with E-state index < -0.39 is 0 Å². The minimum absolute atomic E-state index is 0.0568. The van der Waals surface area contributed by atoms with Crippen LogP contribution in [0.1, 0.15) is 54.6 Å². The number of carbonyl (C=O) groups excluding carboxylic acids is 1. The van der Waals surface area contributed by atoms with E-state index in [1.807, 2.05) is 32.0 Å². The second kappa shape index (κ2) is 8.39. The molecule has 1 atom stereocenters. The molecule has 1 aromatic carbocycles. The molecule has 3 heteroatoms. The van der Waals surface area contributed by atoms with Crippen LogP contribution in [-0.2, 0) is 0 Å². The van der Waals surface area contributed by atoms with Gasteiger partial charge in [-0.05, 0) is 32.4 Å². The molecular weight excluding hydrogens is 248 g/mol. The van der Waals surface area contributed by atoms with Gasteiger partial charge in [-0.2, -0.15) is 0 Å². The number of unbranched alkanes of at least 4 members (excludes halogenated alkanes) is 1. The Morgan fingerprint density at radius 2 is 2.20 bits per heavy atom. The highest BCUT2D eigenvalue weighted by atomic mass is 16.1. The van der Waals surface area contributed by atoms with Gasteiger partial charge in [-0.1, -0.05) is 43.2 Å². The van der Waals surface area contributed by atoms with Crippen molar-refractivity contribution in [2.45, 2.75) is 46.1 Å². The van der Waals surface area contributed by atoms with E-state index in [-0.39, 0.29) is 11.9 Å². The molecule has 1 amide bonds. The van der Waals surface area contributed by atoms with E-state index in [0.717, 1.165) is 30.4 Å². The van der Waals surface area contributed by atoms with Crippen LogP contribution in [0.4, 0.5) is 0 Å². The first-order valence-electron chi connectivity index (χ1n) is 7.19.